The zero-order valence-electron chi connectivity index (χ0n) is 2.77. The van der Waals surface area contributed by atoms with Gasteiger partial charge in [-0.3, -0.25) is 0 Å². The minimum atomic E-state index is 0.187. The second kappa shape index (κ2) is 1.78. The summed E-state index contributed by atoms with van der Waals surface area (Å²) < 4.78 is 4.99. The van der Waals surface area contributed by atoms with Gasteiger partial charge in [-0.15, -0.1) is 0 Å². The van der Waals surface area contributed by atoms with Crippen LogP contribution in [0.25, 0.3) is 0 Å². The van der Waals surface area contributed by atoms with E-state index in [1.165, 1.54) is 6.26 Å². The minimum absolute atomic E-state index is 0.187. The summed E-state index contributed by atoms with van der Waals surface area (Å²) in [7, 11) is 0.187. The molecule has 2 nitrogen and oxygen atoms in total. The smallest absolute Gasteiger partial charge is 0.151 e. The maximum Gasteiger partial charge on any atom is 0.151 e. The van der Waals surface area contributed by atoms with Gasteiger partial charge < -0.3 is 4.89 Å². The summed E-state index contributed by atoms with van der Waals surface area (Å²) in [5.41, 5.74) is 0. The second-order valence-electron chi connectivity index (χ2n) is 0.747. The Morgan fingerprint density at radius 1 is 1.83 bits per heavy atom. The average molecular weight is 124 g/mol. The van der Waals surface area contributed by atoms with Crippen LogP contribution in [0, 0.1) is 0 Å². The summed E-state index contributed by atoms with van der Waals surface area (Å²) in [5, 5.41) is 0. The van der Waals surface area contributed by atoms with Gasteiger partial charge in [-0.25, -0.2) is 0 Å². The van der Waals surface area contributed by atoms with Crippen LogP contribution in [-0.4, -0.2) is 0 Å². The van der Waals surface area contributed by atoms with Crippen LogP contribution in [0.5, 0.6) is 0 Å². The molecule has 0 amide bonds. The lowest BCUT2D eigenvalue weighted by Gasteiger charge is -1.80. The SMILES string of the molecule is ClC1=COOP1. The Balaban J connectivity index is 2.45. The van der Waals surface area contributed by atoms with E-state index in [0.717, 1.165) is 0 Å². The Kier molecular flexibility index (Phi) is 1.30. The van der Waals surface area contributed by atoms with Crippen LogP contribution in [0.4, 0.5) is 0 Å². The highest BCUT2D eigenvalue weighted by Gasteiger charge is 2.00. The van der Waals surface area contributed by atoms with Crippen molar-refractivity contribution in [3.8, 4) is 0 Å². The van der Waals surface area contributed by atoms with Crippen molar-refractivity contribution in [1.29, 1.82) is 0 Å². The molecule has 0 aromatic rings. The Morgan fingerprint density at radius 3 is 2.83 bits per heavy atom. The first-order chi connectivity index (χ1) is 2.89. The van der Waals surface area contributed by atoms with Crippen LogP contribution in [0.3, 0.4) is 0 Å². The summed E-state index contributed by atoms with van der Waals surface area (Å²) in [6, 6.07) is 0. The molecule has 1 heterocycles. The van der Waals surface area contributed by atoms with E-state index in [1.54, 1.807) is 0 Å². The lowest BCUT2D eigenvalue weighted by Crippen LogP contribution is -1.57. The van der Waals surface area contributed by atoms with Gasteiger partial charge in [0.15, 0.2) is 6.26 Å². The lowest BCUT2D eigenvalue weighted by molar-refractivity contribution is -0.126. The molecular formula is C2H2ClO2P. The first kappa shape index (κ1) is 4.38. The fourth-order valence-corrected chi connectivity index (χ4v) is 0.557. The van der Waals surface area contributed by atoms with Crippen molar-refractivity contribution in [1.82, 2.24) is 0 Å². The maximum atomic E-state index is 5.34. The molecule has 0 saturated carbocycles. The quantitative estimate of drug-likeness (QED) is 0.361. The highest BCUT2D eigenvalue weighted by molar-refractivity contribution is 7.41. The topological polar surface area (TPSA) is 18.5 Å². The van der Waals surface area contributed by atoms with E-state index in [9.17, 15) is 0 Å². The van der Waals surface area contributed by atoms with E-state index in [-0.39, 0.29) is 8.81 Å². The van der Waals surface area contributed by atoms with Crippen molar-refractivity contribution >= 4 is 20.4 Å². The fraction of sp³-hybridized carbons (Fsp3) is 0. The zero-order chi connectivity index (χ0) is 4.41. The van der Waals surface area contributed by atoms with Gasteiger partial charge in [-0.1, -0.05) is 11.6 Å². The first-order valence-corrected chi connectivity index (χ1v) is 2.62. The predicted molar refractivity (Wildman–Crippen MR) is 24.4 cm³/mol. The van der Waals surface area contributed by atoms with E-state index in [4.69, 9.17) is 11.6 Å². The molecule has 1 unspecified atom stereocenters. The van der Waals surface area contributed by atoms with Gasteiger partial charge in [-0.2, -0.15) is 4.67 Å². The van der Waals surface area contributed by atoms with Crippen molar-refractivity contribution in [2.24, 2.45) is 0 Å². The molecule has 6 heavy (non-hydrogen) atoms. The van der Waals surface area contributed by atoms with Crippen LogP contribution in [0.1, 0.15) is 0 Å². The largest absolute Gasteiger partial charge is 0.340 e. The molecule has 1 rings (SSSR count). The molecule has 0 N–H and O–H groups in total. The third-order valence-electron chi connectivity index (χ3n) is 0.339. The average Bonchev–Trinajstić information content (AvgIpc) is 1.86. The van der Waals surface area contributed by atoms with Gasteiger partial charge in [0.25, 0.3) is 0 Å². The molecule has 0 aliphatic carbocycles. The Bertz CT molecular complexity index is 81.6. The van der Waals surface area contributed by atoms with Crippen molar-refractivity contribution < 1.29 is 9.56 Å². The van der Waals surface area contributed by atoms with Crippen molar-refractivity contribution in [2.45, 2.75) is 0 Å². The van der Waals surface area contributed by atoms with Crippen LogP contribution >= 0.6 is 20.4 Å². The summed E-state index contributed by atoms with van der Waals surface area (Å²) in [6.45, 7) is 0. The van der Waals surface area contributed by atoms with Gasteiger partial charge in [0.05, 0.1) is 0 Å². The molecule has 1 atom stereocenters. The molecule has 0 aromatic heterocycles. The van der Waals surface area contributed by atoms with Crippen LogP contribution in [0.15, 0.2) is 11.0 Å². The minimum Gasteiger partial charge on any atom is -0.340 e. The summed E-state index contributed by atoms with van der Waals surface area (Å²) in [6.07, 6.45) is 1.38. The normalized spacial score (nSPS) is 23.8. The summed E-state index contributed by atoms with van der Waals surface area (Å²) in [5.74, 6) is 0. The molecule has 0 fully saturated rings. The Labute approximate surface area is 41.9 Å². The predicted octanol–water partition coefficient (Wildman–Crippen LogP) is 1.58. The van der Waals surface area contributed by atoms with Crippen molar-refractivity contribution in [3.63, 3.8) is 0 Å². The van der Waals surface area contributed by atoms with Crippen molar-refractivity contribution in [2.75, 3.05) is 0 Å². The van der Waals surface area contributed by atoms with E-state index in [2.05, 4.69) is 9.56 Å². The number of halogens is 1. The summed E-state index contributed by atoms with van der Waals surface area (Å²) in [4.78, 5) is 4.28. The highest BCUT2D eigenvalue weighted by atomic mass is 35.5. The number of hydrogen-bond donors (Lipinski definition) is 0. The van der Waals surface area contributed by atoms with Crippen LogP contribution < -0.4 is 0 Å². The first-order valence-electron chi connectivity index (χ1n) is 1.33. The van der Waals surface area contributed by atoms with Gasteiger partial charge in [0.2, 0.25) is 0 Å². The Hall–Kier alpha value is 0.220. The molecule has 0 aromatic carbocycles. The standard InChI is InChI=1S/C2H2ClO2P/c3-2-1-4-5-6-2/h1,6H. The zero-order valence-corrected chi connectivity index (χ0v) is 4.53. The number of hydrogen-bond acceptors (Lipinski definition) is 2. The van der Waals surface area contributed by atoms with Crippen LogP contribution in [0.2, 0.25) is 0 Å². The monoisotopic (exact) mass is 124 g/mol. The van der Waals surface area contributed by atoms with E-state index >= 15 is 0 Å². The van der Waals surface area contributed by atoms with Crippen LogP contribution in [-0.2, 0) is 9.56 Å². The van der Waals surface area contributed by atoms with Gasteiger partial charge in [-0.05, 0) is 0 Å². The van der Waals surface area contributed by atoms with Gasteiger partial charge in [0, 0.05) is 0 Å². The fourth-order valence-electron chi connectivity index (χ4n) is 0.154. The molecule has 34 valence electrons. The van der Waals surface area contributed by atoms with E-state index < -0.39 is 0 Å². The molecule has 0 bridgehead atoms. The number of rotatable bonds is 0. The second-order valence-corrected chi connectivity index (χ2v) is 2.38. The lowest BCUT2D eigenvalue weighted by atomic mass is 11.1. The molecule has 0 spiro atoms. The Morgan fingerprint density at radius 2 is 2.67 bits per heavy atom. The summed E-state index contributed by atoms with van der Waals surface area (Å²) >= 11 is 5.34. The van der Waals surface area contributed by atoms with Gasteiger partial charge in [0.1, 0.15) is 13.6 Å². The third-order valence-corrected chi connectivity index (χ3v) is 1.15. The molecular weight excluding hydrogens is 122 g/mol. The third kappa shape index (κ3) is 0.839. The highest BCUT2D eigenvalue weighted by Crippen LogP contribution is 2.33. The molecule has 1 aliphatic rings. The van der Waals surface area contributed by atoms with E-state index in [0.29, 0.717) is 4.77 Å². The molecule has 4 heteroatoms. The van der Waals surface area contributed by atoms with E-state index in [1.807, 2.05) is 0 Å². The van der Waals surface area contributed by atoms with Gasteiger partial charge >= 0.3 is 0 Å². The molecule has 0 radical (unpaired) electrons. The van der Waals surface area contributed by atoms with Crippen molar-refractivity contribution in [3.05, 3.63) is 11.0 Å². The maximum absolute atomic E-state index is 5.34. The molecule has 0 saturated heterocycles. The molecule has 1 aliphatic heterocycles.